The quantitative estimate of drug-likeness (QED) is 0.371. The van der Waals surface area contributed by atoms with Crippen LogP contribution in [0.25, 0.3) is 0 Å². The summed E-state index contributed by atoms with van der Waals surface area (Å²) in [7, 11) is 0. The summed E-state index contributed by atoms with van der Waals surface area (Å²) < 4.78 is 9.53. The first-order valence-electron chi connectivity index (χ1n) is 4.25. The van der Waals surface area contributed by atoms with E-state index in [9.17, 15) is 9.59 Å². The molecule has 0 aliphatic rings. The van der Waals surface area contributed by atoms with E-state index in [1.54, 1.807) is 6.92 Å². The smallest absolute Gasteiger partial charge is 0.332 e. The van der Waals surface area contributed by atoms with Crippen molar-refractivity contribution in [3.63, 3.8) is 0 Å². The van der Waals surface area contributed by atoms with E-state index in [1.807, 2.05) is 0 Å². The van der Waals surface area contributed by atoms with Gasteiger partial charge in [-0.3, -0.25) is 0 Å². The van der Waals surface area contributed by atoms with Gasteiger partial charge < -0.3 is 14.6 Å². The van der Waals surface area contributed by atoms with Gasteiger partial charge in [-0.1, -0.05) is 13.5 Å². The molecule has 0 aromatic heterocycles. The van der Waals surface area contributed by atoms with Gasteiger partial charge in [0.2, 0.25) is 0 Å². The van der Waals surface area contributed by atoms with Crippen molar-refractivity contribution in [2.45, 2.75) is 19.4 Å². The fraction of sp³-hybridized carbons (Fsp3) is 0.556. The maximum Gasteiger partial charge on any atom is 0.332 e. The van der Waals surface area contributed by atoms with Crippen LogP contribution in [0.4, 0.5) is 0 Å². The lowest BCUT2D eigenvalue weighted by atomic mass is 10.3. The molecule has 0 aliphatic carbocycles. The molecular formula is C9H14O5. The van der Waals surface area contributed by atoms with Crippen LogP contribution in [0.2, 0.25) is 0 Å². The normalized spacial score (nSPS) is 11.8. The van der Waals surface area contributed by atoms with Crippen LogP contribution in [0.3, 0.4) is 0 Å². The van der Waals surface area contributed by atoms with Gasteiger partial charge in [0.05, 0.1) is 6.61 Å². The summed E-state index contributed by atoms with van der Waals surface area (Å²) in [6, 6.07) is 0. The first-order valence-corrected chi connectivity index (χ1v) is 4.25. The molecule has 0 heterocycles. The van der Waals surface area contributed by atoms with Crippen molar-refractivity contribution in [2.24, 2.45) is 0 Å². The molecule has 0 radical (unpaired) electrons. The SMILES string of the molecule is C=CC(=O)OCCOC(CC)C(=O)O. The third kappa shape index (κ3) is 5.31. The van der Waals surface area contributed by atoms with Crippen LogP contribution in [-0.2, 0) is 19.1 Å². The Morgan fingerprint density at radius 3 is 2.57 bits per heavy atom. The van der Waals surface area contributed by atoms with E-state index in [0.717, 1.165) is 6.08 Å². The first-order chi connectivity index (χ1) is 6.61. The molecule has 0 saturated heterocycles. The van der Waals surface area contributed by atoms with E-state index in [-0.39, 0.29) is 13.2 Å². The molecule has 14 heavy (non-hydrogen) atoms. The highest BCUT2D eigenvalue weighted by Crippen LogP contribution is 1.97. The molecule has 0 aromatic carbocycles. The van der Waals surface area contributed by atoms with Crippen molar-refractivity contribution >= 4 is 11.9 Å². The summed E-state index contributed by atoms with van der Waals surface area (Å²) in [6.45, 7) is 5.02. The zero-order valence-corrected chi connectivity index (χ0v) is 8.06. The molecule has 0 fully saturated rings. The molecule has 1 unspecified atom stereocenters. The first kappa shape index (κ1) is 12.6. The van der Waals surface area contributed by atoms with E-state index in [1.165, 1.54) is 0 Å². The molecule has 0 amide bonds. The largest absolute Gasteiger partial charge is 0.479 e. The number of hydrogen-bond donors (Lipinski definition) is 1. The van der Waals surface area contributed by atoms with Crippen LogP contribution >= 0.6 is 0 Å². The van der Waals surface area contributed by atoms with Crippen LogP contribution in [0, 0.1) is 0 Å². The molecule has 0 aromatic rings. The molecule has 0 saturated carbocycles. The third-order valence-corrected chi connectivity index (χ3v) is 1.46. The summed E-state index contributed by atoms with van der Waals surface area (Å²) >= 11 is 0. The second kappa shape index (κ2) is 7.08. The lowest BCUT2D eigenvalue weighted by Crippen LogP contribution is -2.25. The Kier molecular flexibility index (Phi) is 6.39. The zero-order chi connectivity index (χ0) is 11.0. The average molecular weight is 202 g/mol. The van der Waals surface area contributed by atoms with E-state index in [2.05, 4.69) is 11.3 Å². The van der Waals surface area contributed by atoms with E-state index in [4.69, 9.17) is 9.84 Å². The molecular weight excluding hydrogens is 188 g/mol. The molecule has 5 nitrogen and oxygen atoms in total. The number of aliphatic carboxylic acids is 1. The van der Waals surface area contributed by atoms with Crippen molar-refractivity contribution in [1.82, 2.24) is 0 Å². The van der Waals surface area contributed by atoms with Gasteiger partial charge in [-0.25, -0.2) is 9.59 Å². The van der Waals surface area contributed by atoms with Gasteiger partial charge in [-0.2, -0.15) is 0 Å². The molecule has 0 rings (SSSR count). The number of ether oxygens (including phenoxy) is 2. The Balaban J connectivity index is 3.57. The summed E-state index contributed by atoms with van der Waals surface area (Å²) in [5.74, 6) is -1.56. The Morgan fingerprint density at radius 2 is 2.14 bits per heavy atom. The number of rotatable bonds is 7. The Bertz CT molecular complexity index is 211. The zero-order valence-electron chi connectivity index (χ0n) is 8.06. The minimum absolute atomic E-state index is 0.0363. The second-order valence-corrected chi connectivity index (χ2v) is 2.48. The van der Waals surface area contributed by atoms with Crippen molar-refractivity contribution in [3.8, 4) is 0 Å². The summed E-state index contributed by atoms with van der Waals surface area (Å²) in [4.78, 5) is 21.0. The molecule has 5 heteroatoms. The Morgan fingerprint density at radius 1 is 1.50 bits per heavy atom. The highest BCUT2D eigenvalue weighted by atomic mass is 16.6. The highest BCUT2D eigenvalue weighted by Gasteiger charge is 2.14. The molecule has 0 bridgehead atoms. The molecule has 0 aliphatic heterocycles. The lowest BCUT2D eigenvalue weighted by Gasteiger charge is -2.10. The fourth-order valence-electron chi connectivity index (χ4n) is 0.755. The maximum absolute atomic E-state index is 10.5. The minimum Gasteiger partial charge on any atom is -0.479 e. The van der Waals surface area contributed by atoms with Gasteiger partial charge >= 0.3 is 11.9 Å². The molecule has 0 spiro atoms. The topological polar surface area (TPSA) is 72.8 Å². The number of carboxylic acid groups (broad SMARTS) is 1. The van der Waals surface area contributed by atoms with Gasteiger partial charge in [-0.05, 0) is 6.42 Å². The van der Waals surface area contributed by atoms with Gasteiger partial charge in [0.15, 0.2) is 6.10 Å². The van der Waals surface area contributed by atoms with Crippen LogP contribution in [0.5, 0.6) is 0 Å². The van der Waals surface area contributed by atoms with Gasteiger partial charge in [0, 0.05) is 6.08 Å². The number of carbonyl (C=O) groups is 2. The molecule has 80 valence electrons. The fourth-order valence-corrected chi connectivity index (χ4v) is 0.755. The van der Waals surface area contributed by atoms with Crippen molar-refractivity contribution < 1.29 is 24.2 Å². The van der Waals surface area contributed by atoms with Gasteiger partial charge in [0.1, 0.15) is 6.61 Å². The Hall–Kier alpha value is -1.36. The van der Waals surface area contributed by atoms with Crippen LogP contribution < -0.4 is 0 Å². The monoisotopic (exact) mass is 202 g/mol. The predicted octanol–water partition coefficient (Wildman–Crippen LogP) is 0.595. The van der Waals surface area contributed by atoms with Crippen molar-refractivity contribution in [3.05, 3.63) is 12.7 Å². The van der Waals surface area contributed by atoms with Gasteiger partial charge in [-0.15, -0.1) is 0 Å². The van der Waals surface area contributed by atoms with Crippen LogP contribution in [0.15, 0.2) is 12.7 Å². The van der Waals surface area contributed by atoms with E-state index >= 15 is 0 Å². The van der Waals surface area contributed by atoms with Gasteiger partial charge in [0.25, 0.3) is 0 Å². The lowest BCUT2D eigenvalue weighted by molar-refractivity contribution is -0.152. The maximum atomic E-state index is 10.5. The van der Waals surface area contributed by atoms with E-state index < -0.39 is 18.0 Å². The average Bonchev–Trinajstić information content (AvgIpc) is 2.16. The highest BCUT2D eigenvalue weighted by molar-refractivity contribution is 5.81. The second-order valence-electron chi connectivity index (χ2n) is 2.48. The molecule has 1 atom stereocenters. The summed E-state index contributed by atoms with van der Waals surface area (Å²) in [5, 5.41) is 8.58. The third-order valence-electron chi connectivity index (χ3n) is 1.46. The standard InChI is InChI=1S/C9H14O5/c1-3-7(9(11)12)13-5-6-14-8(10)4-2/h4,7H,2-3,5-6H2,1H3,(H,11,12). The summed E-state index contributed by atoms with van der Waals surface area (Å²) in [6.07, 6.45) is 0.580. The van der Waals surface area contributed by atoms with E-state index in [0.29, 0.717) is 6.42 Å². The van der Waals surface area contributed by atoms with Crippen LogP contribution in [-0.4, -0.2) is 36.4 Å². The number of carbonyl (C=O) groups excluding carboxylic acids is 1. The number of hydrogen-bond acceptors (Lipinski definition) is 4. The van der Waals surface area contributed by atoms with Crippen molar-refractivity contribution in [2.75, 3.05) is 13.2 Å². The number of esters is 1. The molecule has 1 N–H and O–H groups in total. The Labute approximate surface area is 82.3 Å². The summed E-state index contributed by atoms with van der Waals surface area (Å²) in [5.41, 5.74) is 0. The van der Waals surface area contributed by atoms with Crippen molar-refractivity contribution in [1.29, 1.82) is 0 Å². The minimum atomic E-state index is -1.01. The van der Waals surface area contributed by atoms with Crippen LogP contribution in [0.1, 0.15) is 13.3 Å². The predicted molar refractivity (Wildman–Crippen MR) is 48.8 cm³/mol. The number of carboxylic acids is 1.